The summed E-state index contributed by atoms with van der Waals surface area (Å²) in [5, 5.41) is 1.60. The van der Waals surface area contributed by atoms with Gasteiger partial charge in [0.05, 0.1) is 15.2 Å². The van der Waals surface area contributed by atoms with Gasteiger partial charge in [-0.1, -0.05) is 54.5 Å². The Morgan fingerprint density at radius 1 is 0.905 bits per heavy atom. The monoisotopic (exact) mass is 298 g/mol. The molecule has 3 rings (SSSR count). The van der Waals surface area contributed by atoms with Crippen LogP contribution >= 0.6 is 0 Å². The van der Waals surface area contributed by atoms with Gasteiger partial charge in [0.1, 0.15) is 18.1 Å². The van der Waals surface area contributed by atoms with Crippen molar-refractivity contribution in [3.63, 3.8) is 0 Å². The molecule has 1 heterocycles. The quantitative estimate of drug-likeness (QED) is 0.778. The molecular formula is C18H22O2Si. The van der Waals surface area contributed by atoms with Crippen molar-refractivity contribution in [2.75, 3.05) is 7.11 Å². The molecule has 0 spiro atoms. The van der Waals surface area contributed by atoms with Gasteiger partial charge in [0.15, 0.2) is 0 Å². The van der Waals surface area contributed by atoms with Gasteiger partial charge in [-0.2, -0.15) is 0 Å². The van der Waals surface area contributed by atoms with E-state index in [1.54, 1.807) is 12.3 Å². The maximum absolute atomic E-state index is 5.81. The van der Waals surface area contributed by atoms with Crippen molar-refractivity contribution in [3.8, 4) is 11.5 Å². The molecule has 21 heavy (non-hydrogen) atoms. The maximum atomic E-state index is 5.81. The van der Waals surface area contributed by atoms with Gasteiger partial charge in [0.25, 0.3) is 0 Å². The Kier molecular flexibility index (Phi) is 4.02. The maximum Gasteiger partial charge on any atom is 0.120 e. The Morgan fingerprint density at radius 3 is 2.05 bits per heavy atom. The van der Waals surface area contributed by atoms with Crippen molar-refractivity contribution < 1.29 is 9.47 Å². The Bertz CT molecular complexity index is 586. The molecule has 0 N–H and O–H groups in total. The van der Waals surface area contributed by atoms with E-state index in [4.69, 9.17) is 9.47 Å². The Balaban J connectivity index is 1.60. The predicted octanol–water partition coefficient (Wildman–Crippen LogP) is 3.96. The molecule has 0 amide bonds. The molecule has 0 aliphatic carbocycles. The van der Waals surface area contributed by atoms with Gasteiger partial charge in [-0.05, 0) is 29.8 Å². The van der Waals surface area contributed by atoms with E-state index in [-0.39, 0.29) is 0 Å². The summed E-state index contributed by atoms with van der Waals surface area (Å²) in [7, 11) is 0.622. The van der Waals surface area contributed by atoms with Gasteiger partial charge in [-0.25, -0.2) is 0 Å². The largest absolute Gasteiger partial charge is 0.497 e. The first-order valence-electron chi connectivity index (χ1n) is 7.56. The minimum atomic E-state index is -1.05. The topological polar surface area (TPSA) is 18.5 Å². The second kappa shape index (κ2) is 5.94. The smallest absolute Gasteiger partial charge is 0.120 e. The third-order valence-corrected chi connectivity index (χ3v) is 9.21. The molecule has 2 nitrogen and oxygen atoms in total. The lowest BCUT2D eigenvalue weighted by atomic mass is 10.2. The zero-order valence-electron chi connectivity index (χ0n) is 12.8. The van der Waals surface area contributed by atoms with E-state index in [1.165, 1.54) is 24.1 Å². The molecule has 0 saturated carbocycles. The minimum Gasteiger partial charge on any atom is -0.497 e. The van der Waals surface area contributed by atoms with Gasteiger partial charge in [0, 0.05) is 0 Å². The SMILES string of the molecule is COc1ccc(OCc2ccc([Si]3(C)CCC3)cc2)cc1. The molecular weight excluding hydrogens is 276 g/mol. The van der Waals surface area contributed by atoms with Gasteiger partial charge < -0.3 is 9.47 Å². The number of ether oxygens (including phenoxy) is 2. The summed E-state index contributed by atoms with van der Waals surface area (Å²) in [5.41, 5.74) is 1.23. The van der Waals surface area contributed by atoms with Gasteiger partial charge in [-0.15, -0.1) is 0 Å². The number of benzene rings is 2. The van der Waals surface area contributed by atoms with Crippen molar-refractivity contribution in [2.45, 2.75) is 31.7 Å². The molecule has 0 unspecified atom stereocenters. The molecule has 1 saturated heterocycles. The summed E-state index contributed by atoms with van der Waals surface area (Å²) >= 11 is 0. The molecule has 3 heteroatoms. The van der Waals surface area contributed by atoms with Crippen LogP contribution in [0.2, 0.25) is 18.6 Å². The van der Waals surface area contributed by atoms with Crippen LogP contribution in [-0.2, 0) is 6.61 Å². The fourth-order valence-corrected chi connectivity index (χ4v) is 5.80. The van der Waals surface area contributed by atoms with Gasteiger partial charge in [-0.3, -0.25) is 0 Å². The molecule has 0 aromatic heterocycles. The van der Waals surface area contributed by atoms with Crippen LogP contribution in [-0.4, -0.2) is 15.2 Å². The number of rotatable bonds is 5. The summed E-state index contributed by atoms with van der Waals surface area (Å²) in [5.74, 6) is 1.73. The lowest BCUT2D eigenvalue weighted by molar-refractivity contribution is 0.305. The summed E-state index contributed by atoms with van der Waals surface area (Å²) in [4.78, 5) is 0. The van der Waals surface area contributed by atoms with Crippen LogP contribution in [0.15, 0.2) is 48.5 Å². The van der Waals surface area contributed by atoms with Gasteiger partial charge >= 0.3 is 0 Å². The first kappa shape index (κ1) is 14.2. The second-order valence-electron chi connectivity index (χ2n) is 6.08. The summed E-state index contributed by atoms with van der Waals surface area (Å²) in [6.45, 7) is 3.12. The highest BCUT2D eigenvalue weighted by molar-refractivity contribution is 6.92. The van der Waals surface area contributed by atoms with E-state index in [9.17, 15) is 0 Å². The van der Waals surface area contributed by atoms with E-state index < -0.39 is 8.07 Å². The molecule has 0 atom stereocenters. The van der Waals surface area contributed by atoms with E-state index in [0.717, 1.165) is 11.5 Å². The van der Waals surface area contributed by atoms with Crippen LogP contribution in [0.4, 0.5) is 0 Å². The summed E-state index contributed by atoms with van der Waals surface area (Å²) < 4.78 is 11.0. The summed E-state index contributed by atoms with van der Waals surface area (Å²) in [6, 6.07) is 19.7. The minimum absolute atomic E-state index is 0.616. The molecule has 2 aromatic carbocycles. The first-order chi connectivity index (χ1) is 10.2. The lowest BCUT2D eigenvalue weighted by Gasteiger charge is -2.36. The average molecular weight is 298 g/mol. The Hall–Kier alpha value is -1.74. The number of hydrogen-bond donors (Lipinski definition) is 0. The first-order valence-corrected chi connectivity index (χ1v) is 10.5. The van der Waals surface area contributed by atoms with E-state index in [2.05, 4.69) is 30.8 Å². The van der Waals surface area contributed by atoms with Crippen molar-refractivity contribution in [3.05, 3.63) is 54.1 Å². The predicted molar refractivity (Wildman–Crippen MR) is 89.3 cm³/mol. The second-order valence-corrected chi connectivity index (χ2v) is 10.8. The summed E-state index contributed by atoms with van der Waals surface area (Å²) in [6.07, 6.45) is 1.42. The number of hydrogen-bond acceptors (Lipinski definition) is 2. The number of methoxy groups -OCH3 is 1. The molecule has 0 radical (unpaired) electrons. The van der Waals surface area contributed by atoms with Crippen molar-refractivity contribution in [1.29, 1.82) is 0 Å². The zero-order chi connectivity index (χ0) is 14.7. The molecule has 0 bridgehead atoms. The van der Waals surface area contributed by atoms with Crippen molar-refractivity contribution in [2.24, 2.45) is 0 Å². The van der Waals surface area contributed by atoms with E-state index >= 15 is 0 Å². The fourth-order valence-electron chi connectivity index (χ4n) is 2.84. The highest BCUT2D eigenvalue weighted by Crippen LogP contribution is 2.31. The Labute approximate surface area is 127 Å². The zero-order valence-corrected chi connectivity index (χ0v) is 13.8. The van der Waals surface area contributed by atoms with Crippen LogP contribution < -0.4 is 14.7 Å². The molecule has 110 valence electrons. The van der Waals surface area contributed by atoms with Crippen LogP contribution in [0.1, 0.15) is 12.0 Å². The standard InChI is InChI=1S/C18H22O2Si/c1-19-16-6-8-17(9-7-16)20-14-15-4-10-18(11-5-15)21(2)12-3-13-21/h4-11H,3,12-14H2,1-2H3. The van der Waals surface area contributed by atoms with Crippen LogP contribution in [0.3, 0.4) is 0 Å². The molecule has 1 fully saturated rings. The van der Waals surface area contributed by atoms with Crippen molar-refractivity contribution in [1.82, 2.24) is 0 Å². The van der Waals surface area contributed by atoms with Crippen LogP contribution in [0.25, 0.3) is 0 Å². The Morgan fingerprint density at radius 2 is 1.52 bits per heavy atom. The normalized spacial score (nSPS) is 16.1. The molecule has 1 aliphatic heterocycles. The molecule has 2 aromatic rings. The third-order valence-electron chi connectivity index (χ3n) is 4.57. The molecule has 1 aliphatic rings. The highest BCUT2D eigenvalue weighted by atomic mass is 28.3. The van der Waals surface area contributed by atoms with Crippen molar-refractivity contribution >= 4 is 13.3 Å². The van der Waals surface area contributed by atoms with Gasteiger partial charge in [0.2, 0.25) is 0 Å². The fraction of sp³-hybridized carbons (Fsp3) is 0.333. The van der Waals surface area contributed by atoms with E-state index in [1.807, 2.05) is 24.3 Å². The average Bonchev–Trinajstić information content (AvgIpc) is 2.51. The van der Waals surface area contributed by atoms with E-state index in [0.29, 0.717) is 6.61 Å². The third kappa shape index (κ3) is 3.13. The highest BCUT2D eigenvalue weighted by Gasteiger charge is 2.35. The lowest BCUT2D eigenvalue weighted by Crippen LogP contribution is -2.50. The van der Waals surface area contributed by atoms with Crippen LogP contribution in [0.5, 0.6) is 11.5 Å². The van der Waals surface area contributed by atoms with Crippen LogP contribution in [0, 0.1) is 0 Å².